The second-order valence-electron chi connectivity index (χ2n) is 11.0. The minimum atomic E-state index is -5.96. The van der Waals surface area contributed by atoms with E-state index in [4.69, 9.17) is 0 Å². The number of rotatable bonds is 6. The first-order valence-electron chi connectivity index (χ1n) is 12.4. The molecule has 13 heteroatoms. The Morgan fingerprint density at radius 3 is 1.90 bits per heavy atom. The van der Waals surface area contributed by atoms with Gasteiger partial charge in [-0.1, -0.05) is 45.0 Å². The third-order valence-electron chi connectivity index (χ3n) is 6.44. The summed E-state index contributed by atoms with van der Waals surface area (Å²) in [5, 5.41) is 12.0. The normalized spacial score (nSPS) is 15.7. The SMILES string of the molecule is CC(C)(C)CC(=O)Nc1ccc(C(=O)N2CCN(Cc3ccc(C(O)(C(F)(F)F)C(F)(F)F)cc3)CC2)cc1F. The number of amides is 2. The number of nitrogens with one attached hydrogen (secondary N) is 1. The van der Waals surface area contributed by atoms with Crippen LogP contribution in [-0.2, 0) is 16.9 Å². The topological polar surface area (TPSA) is 72.9 Å². The molecular formula is C27H30F7N3O3. The molecule has 2 aromatic rings. The van der Waals surface area contributed by atoms with E-state index < -0.39 is 35.2 Å². The number of hydrogen-bond acceptors (Lipinski definition) is 4. The van der Waals surface area contributed by atoms with E-state index in [1.165, 1.54) is 17.0 Å². The van der Waals surface area contributed by atoms with E-state index in [-0.39, 0.29) is 48.6 Å². The van der Waals surface area contributed by atoms with Crippen molar-refractivity contribution >= 4 is 17.5 Å². The molecule has 0 bridgehead atoms. The van der Waals surface area contributed by atoms with Gasteiger partial charge < -0.3 is 15.3 Å². The third-order valence-corrected chi connectivity index (χ3v) is 6.44. The molecule has 40 heavy (non-hydrogen) atoms. The lowest BCUT2D eigenvalue weighted by Crippen LogP contribution is -2.53. The average molecular weight is 578 g/mol. The number of nitrogens with zero attached hydrogens (tertiary/aromatic N) is 2. The highest BCUT2D eigenvalue weighted by Crippen LogP contribution is 2.50. The Kier molecular flexibility index (Phi) is 8.90. The molecule has 1 saturated heterocycles. The van der Waals surface area contributed by atoms with Crippen molar-refractivity contribution in [3.05, 3.63) is 65.0 Å². The van der Waals surface area contributed by atoms with E-state index in [2.05, 4.69) is 5.32 Å². The molecule has 1 aliphatic heterocycles. The molecule has 1 heterocycles. The summed E-state index contributed by atoms with van der Waals surface area (Å²) in [5.74, 6) is -1.53. The highest BCUT2D eigenvalue weighted by atomic mass is 19.4. The average Bonchev–Trinajstić information content (AvgIpc) is 2.83. The van der Waals surface area contributed by atoms with Crippen molar-refractivity contribution in [2.45, 2.75) is 51.7 Å². The lowest BCUT2D eigenvalue weighted by molar-refractivity contribution is -0.376. The first-order valence-corrected chi connectivity index (χ1v) is 12.4. The monoisotopic (exact) mass is 577 g/mol. The molecule has 0 unspecified atom stereocenters. The van der Waals surface area contributed by atoms with Crippen molar-refractivity contribution in [3.8, 4) is 0 Å². The Morgan fingerprint density at radius 1 is 0.875 bits per heavy atom. The molecule has 0 saturated carbocycles. The molecule has 2 aromatic carbocycles. The van der Waals surface area contributed by atoms with Crippen LogP contribution in [0.2, 0.25) is 0 Å². The van der Waals surface area contributed by atoms with Crippen LogP contribution in [0.4, 0.5) is 36.4 Å². The molecule has 0 aliphatic carbocycles. The first kappa shape index (κ1) is 31.3. The zero-order valence-corrected chi connectivity index (χ0v) is 22.1. The molecule has 2 amide bonds. The highest BCUT2D eigenvalue weighted by molar-refractivity contribution is 5.96. The summed E-state index contributed by atoms with van der Waals surface area (Å²) in [4.78, 5) is 28.3. The van der Waals surface area contributed by atoms with Crippen molar-refractivity contribution in [1.82, 2.24) is 9.80 Å². The van der Waals surface area contributed by atoms with Crippen LogP contribution in [0.25, 0.3) is 0 Å². The van der Waals surface area contributed by atoms with E-state index in [1.807, 2.05) is 25.7 Å². The lowest BCUT2D eigenvalue weighted by atomic mass is 9.91. The van der Waals surface area contributed by atoms with Gasteiger partial charge in [0.1, 0.15) is 5.82 Å². The number of halogens is 7. The smallest absolute Gasteiger partial charge is 0.369 e. The summed E-state index contributed by atoms with van der Waals surface area (Å²) in [6.07, 6.45) is -11.7. The number of aliphatic hydroxyl groups is 1. The van der Waals surface area contributed by atoms with Crippen LogP contribution in [0.5, 0.6) is 0 Å². The Morgan fingerprint density at radius 2 is 1.43 bits per heavy atom. The zero-order valence-electron chi connectivity index (χ0n) is 22.1. The first-order chi connectivity index (χ1) is 18.3. The Bertz CT molecular complexity index is 1200. The number of alkyl halides is 6. The van der Waals surface area contributed by atoms with Crippen LogP contribution < -0.4 is 5.32 Å². The number of carbonyl (C=O) groups is 2. The largest absolute Gasteiger partial charge is 0.430 e. The molecule has 1 fully saturated rings. The van der Waals surface area contributed by atoms with Gasteiger partial charge in [0.15, 0.2) is 0 Å². The van der Waals surface area contributed by atoms with Gasteiger partial charge in [0.2, 0.25) is 5.91 Å². The van der Waals surface area contributed by atoms with Gasteiger partial charge in [-0.25, -0.2) is 4.39 Å². The van der Waals surface area contributed by atoms with E-state index >= 15 is 0 Å². The maximum atomic E-state index is 14.6. The van der Waals surface area contributed by atoms with Crippen LogP contribution in [0.3, 0.4) is 0 Å². The third kappa shape index (κ3) is 7.11. The molecule has 0 aromatic heterocycles. The van der Waals surface area contributed by atoms with Crippen LogP contribution >= 0.6 is 0 Å². The van der Waals surface area contributed by atoms with Gasteiger partial charge in [0.25, 0.3) is 11.5 Å². The lowest BCUT2D eigenvalue weighted by Gasteiger charge is -2.35. The molecule has 220 valence electrons. The van der Waals surface area contributed by atoms with E-state index in [0.29, 0.717) is 30.8 Å². The predicted octanol–water partition coefficient (Wildman–Crippen LogP) is 5.47. The molecule has 3 rings (SSSR count). The standard InChI is InChI=1S/C27H30F7N3O3/c1-24(2,3)15-22(38)35-21-9-6-18(14-20(21)28)23(39)37-12-10-36(11-13-37)16-17-4-7-19(8-5-17)25(40,26(29,30)31)27(32,33)34/h4-9,14,40H,10-13,15-16H2,1-3H3,(H,35,38). The fraction of sp³-hybridized carbons (Fsp3) is 0.481. The summed E-state index contributed by atoms with van der Waals surface area (Å²) >= 11 is 0. The summed E-state index contributed by atoms with van der Waals surface area (Å²) in [7, 11) is 0. The minimum absolute atomic E-state index is 0.0365. The zero-order chi connectivity index (χ0) is 30.1. The van der Waals surface area contributed by atoms with Crippen LogP contribution in [0.1, 0.15) is 48.7 Å². The number of carbonyl (C=O) groups excluding carboxylic acids is 2. The van der Waals surface area contributed by atoms with Gasteiger partial charge in [-0.05, 0) is 29.2 Å². The van der Waals surface area contributed by atoms with E-state index in [0.717, 1.165) is 18.2 Å². The molecule has 0 atom stereocenters. The van der Waals surface area contributed by atoms with Gasteiger partial charge in [0.05, 0.1) is 5.69 Å². The molecule has 0 spiro atoms. The molecule has 2 N–H and O–H groups in total. The van der Waals surface area contributed by atoms with Crippen molar-refractivity contribution in [2.24, 2.45) is 5.41 Å². The van der Waals surface area contributed by atoms with Gasteiger partial charge in [-0.2, -0.15) is 26.3 Å². The fourth-order valence-electron chi connectivity index (χ4n) is 4.31. The summed E-state index contributed by atoms with van der Waals surface area (Å²) in [6.45, 7) is 7.02. The van der Waals surface area contributed by atoms with Crippen LogP contribution in [-0.4, -0.2) is 65.3 Å². The summed E-state index contributed by atoms with van der Waals surface area (Å²) < 4.78 is 93.1. The van der Waals surface area contributed by atoms with Crippen molar-refractivity contribution in [3.63, 3.8) is 0 Å². The molecular weight excluding hydrogens is 547 g/mol. The second kappa shape index (κ2) is 11.4. The van der Waals surface area contributed by atoms with Gasteiger partial charge in [-0.15, -0.1) is 0 Å². The maximum absolute atomic E-state index is 14.6. The van der Waals surface area contributed by atoms with Crippen LogP contribution in [0, 0.1) is 11.2 Å². The van der Waals surface area contributed by atoms with E-state index in [9.17, 15) is 45.4 Å². The fourth-order valence-corrected chi connectivity index (χ4v) is 4.31. The number of anilines is 1. The Hall–Kier alpha value is -3.19. The quantitative estimate of drug-likeness (QED) is 0.447. The number of hydrogen-bond donors (Lipinski definition) is 2. The maximum Gasteiger partial charge on any atom is 0.430 e. The second-order valence-corrected chi connectivity index (χ2v) is 11.0. The number of benzene rings is 2. The van der Waals surface area contributed by atoms with Crippen molar-refractivity contribution < 1.29 is 45.4 Å². The molecule has 1 aliphatic rings. The Labute approximate surface area is 226 Å². The van der Waals surface area contributed by atoms with Gasteiger partial charge in [0, 0.05) is 50.3 Å². The Balaban J connectivity index is 1.58. The van der Waals surface area contributed by atoms with Gasteiger partial charge in [-0.3, -0.25) is 14.5 Å². The van der Waals surface area contributed by atoms with Gasteiger partial charge >= 0.3 is 12.4 Å². The summed E-state index contributed by atoms with van der Waals surface area (Å²) in [6, 6.07) is 7.14. The summed E-state index contributed by atoms with van der Waals surface area (Å²) in [5.41, 5.74) is -6.13. The van der Waals surface area contributed by atoms with Crippen molar-refractivity contribution in [2.75, 3.05) is 31.5 Å². The molecule has 0 radical (unpaired) electrons. The molecule has 6 nitrogen and oxygen atoms in total. The van der Waals surface area contributed by atoms with Crippen LogP contribution in [0.15, 0.2) is 42.5 Å². The van der Waals surface area contributed by atoms with Crippen molar-refractivity contribution in [1.29, 1.82) is 0 Å². The highest BCUT2D eigenvalue weighted by Gasteiger charge is 2.71. The number of piperazine rings is 1. The minimum Gasteiger partial charge on any atom is -0.369 e. The van der Waals surface area contributed by atoms with E-state index in [1.54, 1.807) is 0 Å². The predicted molar refractivity (Wildman–Crippen MR) is 133 cm³/mol.